The lowest BCUT2D eigenvalue weighted by Crippen LogP contribution is -2.06. The van der Waals surface area contributed by atoms with Crippen LogP contribution in [0.2, 0.25) is 0 Å². The smallest absolute Gasteiger partial charge is 0.416 e. The summed E-state index contributed by atoms with van der Waals surface area (Å²) in [7, 11) is 1.39. The summed E-state index contributed by atoms with van der Waals surface area (Å²) in [6.07, 6.45) is -4.45. The topological polar surface area (TPSA) is 9.23 Å². The Labute approximate surface area is 156 Å². The molecule has 0 spiro atoms. The first-order chi connectivity index (χ1) is 12.2. The Balaban J connectivity index is 0.00000163. The Bertz CT molecular complexity index is 739. The average Bonchev–Trinajstić information content (AvgIpc) is 2.61. The van der Waals surface area contributed by atoms with Crippen LogP contribution in [0.3, 0.4) is 0 Å². The van der Waals surface area contributed by atoms with Gasteiger partial charge in [0.05, 0.1) is 12.7 Å². The monoisotopic (exact) mass is 390 g/mol. The molecule has 0 aromatic heterocycles. The van der Waals surface area contributed by atoms with E-state index in [0.717, 1.165) is 12.1 Å². The summed E-state index contributed by atoms with van der Waals surface area (Å²) in [4.78, 5) is 0. The van der Waals surface area contributed by atoms with Crippen LogP contribution in [0.4, 0.5) is 17.6 Å². The van der Waals surface area contributed by atoms with E-state index in [1.165, 1.54) is 19.2 Å². The van der Waals surface area contributed by atoms with Gasteiger partial charge in [0.1, 0.15) is 11.6 Å². The fourth-order valence-electron chi connectivity index (χ4n) is 2.54. The Morgan fingerprint density at radius 2 is 1.65 bits per heavy atom. The van der Waals surface area contributed by atoms with Crippen molar-refractivity contribution < 1.29 is 22.3 Å². The van der Waals surface area contributed by atoms with Gasteiger partial charge in [0.25, 0.3) is 0 Å². The molecule has 0 fully saturated rings. The molecule has 0 radical (unpaired) electrons. The fraction of sp³-hybridized carbons (Fsp3) is 0.400. The molecule has 0 unspecified atom stereocenters. The molecule has 0 aliphatic carbocycles. The normalized spacial score (nSPS) is 11.2. The van der Waals surface area contributed by atoms with Crippen molar-refractivity contribution in [3.8, 4) is 16.9 Å². The first kappa shape index (κ1) is 22.3. The average molecular weight is 391 g/mol. The maximum absolute atomic E-state index is 14.1. The van der Waals surface area contributed by atoms with Crippen molar-refractivity contribution in [2.75, 3.05) is 7.11 Å². The second-order valence-corrected chi connectivity index (χ2v) is 6.00. The summed E-state index contributed by atoms with van der Waals surface area (Å²) in [6.45, 7) is 7.67. The predicted octanol–water partition coefficient (Wildman–Crippen LogP) is 7.41. The van der Waals surface area contributed by atoms with Crippen LogP contribution in [-0.4, -0.2) is 7.11 Å². The molecular weight excluding hydrogens is 368 g/mol. The molecule has 0 bridgehead atoms. The number of rotatable bonds is 4. The molecule has 0 N–H and O–H groups in total. The standard InChI is InChI=1S/C18H17ClF4O.C2H6/c1-10(2)14-7-15(17(24-3)8-16(14)20)13-5-4-12(18(21,22)23)6-11(13)9-19;1-2/h4-8,10H,9H2,1-3H3;1-2H3. The molecule has 2 rings (SSSR count). The van der Waals surface area contributed by atoms with Gasteiger partial charge in [-0.3, -0.25) is 0 Å². The van der Waals surface area contributed by atoms with E-state index in [1.54, 1.807) is 6.07 Å². The van der Waals surface area contributed by atoms with Crippen molar-refractivity contribution >= 4 is 11.6 Å². The molecule has 2 aromatic carbocycles. The maximum atomic E-state index is 14.1. The Kier molecular flexibility index (Phi) is 7.94. The minimum atomic E-state index is -4.45. The van der Waals surface area contributed by atoms with Gasteiger partial charge in [-0.2, -0.15) is 13.2 Å². The quantitative estimate of drug-likeness (QED) is 0.390. The van der Waals surface area contributed by atoms with Crippen molar-refractivity contribution in [3.05, 3.63) is 52.8 Å². The highest BCUT2D eigenvalue weighted by atomic mass is 35.5. The minimum absolute atomic E-state index is 0.0800. The molecule has 2 aromatic rings. The Morgan fingerprint density at radius 1 is 1.04 bits per heavy atom. The highest BCUT2D eigenvalue weighted by molar-refractivity contribution is 6.17. The first-order valence-electron chi connectivity index (χ1n) is 8.33. The van der Waals surface area contributed by atoms with Crippen molar-refractivity contribution in [2.45, 2.75) is 45.7 Å². The zero-order valence-corrected chi connectivity index (χ0v) is 16.2. The van der Waals surface area contributed by atoms with Gasteiger partial charge in [0.15, 0.2) is 0 Å². The molecule has 0 atom stereocenters. The fourth-order valence-corrected chi connectivity index (χ4v) is 2.76. The van der Waals surface area contributed by atoms with E-state index >= 15 is 0 Å². The van der Waals surface area contributed by atoms with Gasteiger partial charge in [-0.1, -0.05) is 33.8 Å². The van der Waals surface area contributed by atoms with E-state index in [1.807, 2.05) is 27.7 Å². The van der Waals surface area contributed by atoms with Crippen LogP contribution in [0.25, 0.3) is 11.1 Å². The largest absolute Gasteiger partial charge is 0.496 e. The molecule has 0 aliphatic rings. The summed E-state index contributed by atoms with van der Waals surface area (Å²) in [6, 6.07) is 6.21. The zero-order valence-electron chi connectivity index (χ0n) is 15.5. The predicted molar refractivity (Wildman–Crippen MR) is 98.4 cm³/mol. The van der Waals surface area contributed by atoms with Gasteiger partial charge in [-0.25, -0.2) is 4.39 Å². The van der Waals surface area contributed by atoms with E-state index in [4.69, 9.17) is 16.3 Å². The molecule has 144 valence electrons. The lowest BCUT2D eigenvalue weighted by atomic mass is 9.93. The van der Waals surface area contributed by atoms with Crippen LogP contribution in [0.5, 0.6) is 5.75 Å². The van der Waals surface area contributed by atoms with Crippen LogP contribution < -0.4 is 4.74 Å². The molecule has 0 aliphatic heterocycles. The lowest BCUT2D eigenvalue weighted by molar-refractivity contribution is -0.137. The second-order valence-electron chi connectivity index (χ2n) is 5.73. The molecule has 0 amide bonds. The number of alkyl halides is 4. The van der Waals surface area contributed by atoms with E-state index in [0.29, 0.717) is 22.3 Å². The second kappa shape index (κ2) is 9.26. The number of hydrogen-bond acceptors (Lipinski definition) is 1. The van der Waals surface area contributed by atoms with Crippen molar-refractivity contribution in [2.24, 2.45) is 0 Å². The Hall–Kier alpha value is -1.75. The number of halogens is 5. The van der Waals surface area contributed by atoms with E-state index < -0.39 is 17.6 Å². The van der Waals surface area contributed by atoms with Crippen molar-refractivity contribution in [1.82, 2.24) is 0 Å². The minimum Gasteiger partial charge on any atom is -0.496 e. The van der Waals surface area contributed by atoms with E-state index in [2.05, 4.69) is 0 Å². The lowest BCUT2D eigenvalue weighted by Gasteiger charge is -2.17. The third kappa shape index (κ3) is 4.91. The van der Waals surface area contributed by atoms with E-state index in [-0.39, 0.29) is 17.5 Å². The molecule has 26 heavy (non-hydrogen) atoms. The zero-order chi connectivity index (χ0) is 20.1. The van der Waals surface area contributed by atoms with Gasteiger partial charge < -0.3 is 4.74 Å². The number of hydrogen-bond donors (Lipinski definition) is 0. The van der Waals surface area contributed by atoms with Crippen molar-refractivity contribution in [3.63, 3.8) is 0 Å². The SMILES string of the molecule is CC.COc1cc(F)c(C(C)C)cc1-c1ccc(C(F)(F)F)cc1CCl. The van der Waals surface area contributed by atoms with Crippen LogP contribution >= 0.6 is 11.6 Å². The van der Waals surface area contributed by atoms with Crippen molar-refractivity contribution in [1.29, 1.82) is 0 Å². The highest BCUT2D eigenvalue weighted by Gasteiger charge is 2.31. The summed E-state index contributed by atoms with van der Waals surface area (Å²) in [5.41, 5.74) is 1.02. The van der Waals surface area contributed by atoms with Crippen LogP contribution in [0, 0.1) is 5.82 Å². The van der Waals surface area contributed by atoms with Gasteiger partial charge in [0.2, 0.25) is 0 Å². The van der Waals surface area contributed by atoms with E-state index in [9.17, 15) is 17.6 Å². The van der Waals surface area contributed by atoms with Gasteiger partial charge in [0, 0.05) is 17.5 Å². The van der Waals surface area contributed by atoms with Crippen LogP contribution in [-0.2, 0) is 12.1 Å². The summed E-state index contributed by atoms with van der Waals surface area (Å²) < 4.78 is 58.0. The molecule has 0 saturated carbocycles. The summed E-state index contributed by atoms with van der Waals surface area (Å²) in [5, 5.41) is 0. The van der Waals surface area contributed by atoms with Crippen LogP contribution in [0.1, 0.15) is 50.3 Å². The highest BCUT2D eigenvalue weighted by Crippen LogP contribution is 2.39. The third-order valence-corrected chi connectivity index (χ3v) is 4.10. The Morgan fingerprint density at radius 3 is 2.12 bits per heavy atom. The summed E-state index contributed by atoms with van der Waals surface area (Å²) >= 11 is 5.85. The van der Waals surface area contributed by atoms with Gasteiger partial charge in [-0.15, -0.1) is 11.6 Å². The number of benzene rings is 2. The molecule has 0 heterocycles. The molecule has 1 nitrogen and oxygen atoms in total. The maximum Gasteiger partial charge on any atom is 0.416 e. The summed E-state index contributed by atoms with van der Waals surface area (Å²) in [5.74, 6) is -0.340. The number of methoxy groups -OCH3 is 1. The van der Waals surface area contributed by atoms with Gasteiger partial charge >= 0.3 is 6.18 Å². The van der Waals surface area contributed by atoms with Crippen LogP contribution in [0.15, 0.2) is 30.3 Å². The number of ether oxygens (including phenoxy) is 1. The molecule has 6 heteroatoms. The molecular formula is C20H23ClF4O. The molecule has 0 saturated heterocycles. The third-order valence-electron chi connectivity index (χ3n) is 3.81. The van der Waals surface area contributed by atoms with Gasteiger partial charge in [-0.05, 0) is 40.8 Å². The first-order valence-corrected chi connectivity index (χ1v) is 8.86.